The molecular weight excluding hydrogens is 250 g/mol. The maximum absolute atomic E-state index is 11.4. The van der Waals surface area contributed by atoms with Crippen molar-refractivity contribution in [2.45, 2.75) is 44.6 Å². The van der Waals surface area contributed by atoms with Crippen molar-refractivity contribution in [1.29, 1.82) is 0 Å². The number of aryl methyl sites for hydroxylation is 1. The lowest BCUT2D eigenvalue weighted by Gasteiger charge is -2.31. The molecule has 3 rings (SSSR count). The highest BCUT2D eigenvalue weighted by Crippen LogP contribution is 2.44. The summed E-state index contributed by atoms with van der Waals surface area (Å²) in [6, 6.07) is 9.81. The third-order valence-corrected chi connectivity index (χ3v) is 4.39. The van der Waals surface area contributed by atoms with Gasteiger partial charge in [-0.1, -0.05) is 50.1 Å². The Balaban J connectivity index is 2.07. The molecule has 1 aromatic heterocycles. The summed E-state index contributed by atoms with van der Waals surface area (Å²) in [4.78, 5) is 4.36. The summed E-state index contributed by atoms with van der Waals surface area (Å²) >= 11 is 0. The zero-order chi connectivity index (χ0) is 14.0. The SMILES string of the molecule is CCc1cnc([C@](O)(c2ccccc2)C2CCCC2)o1. The minimum absolute atomic E-state index is 0.188. The molecule has 0 spiro atoms. The maximum Gasteiger partial charge on any atom is 0.231 e. The minimum atomic E-state index is -1.09. The Kier molecular flexibility index (Phi) is 3.62. The summed E-state index contributed by atoms with van der Waals surface area (Å²) in [5.41, 5.74) is -0.207. The lowest BCUT2D eigenvalue weighted by molar-refractivity contribution is -0.00673. The fourth-order valence-electron chi connectivity index (χ4n) is 3.22. The Hall–Kier alpha value is -1.61. The number of benzene rings is 1. The first kappa shape index (κ1) is 13.4. The second-order valence-electron chi connectivity index (χ2n) is 5.60. The van der Waals surface area contributed by atoms with Crippen molar-refractivity contribution < 1.29 is 9.52 Å². The Bertz CT molecular complexity index is 557. The summed E-state index contributed by atoms with van der Waals surface area (Å²) in [5, 5.41) is 11.4. The van der Waals surface area contributed by atoms with Gasteiger partial charge in [-0.2, -0.15) is 0 Å². The average Bonchev–Trinajstić information content (AvgIpc) is 3.19. The van der Waals surface area contributed by atoms with E-state index in [1.807, 2.05) is 37.3 Å². The van der Waals surface area contributed by atoms with E-state index >= 15 is 0 Å². The molecule has 1 heterocycles. The number of aromatic nitrogens is 1. The summed E-state index contributed by atoms with van der Waals surface area (Å²) in [6.45, 7) is 2.03. The standard InChI is InChI=1S/C17H21NO2/c1-2-15-12-18-16(20-15)17(19,14-10-6-7-11-14)13-8-4-3-5-9-13/h3-5,8-9,12,14,19H,2,6-7,10-11H2,1H3/t17-/m0/s1. The van der Waals surface area contributed by atoms with Crippen LogP contribution in [0, 0.1) is 5.92 Å². The lowest BCUT2D eigenvalue weighted by Crippen LogP contribution is -2.35. The first-order valence-electron chi connectivity index (χ1n) is 7.48. The molecule has 1 fully saturated rings. The van der Waals surface area contributed by atoms with Crippen LogP contribution in [0.5, 0.6) is 0 Å². The van der Waals surface area contributed by atoms with E-state index in [-0.39, 0.29) is 5.92 Å². The fraction of sp³-hybridized carbons (Fsp3) is 0.471. The molecule has 0 saturated heterocycles. The van der Waals surface area contributed by atoms with E-state index in [0.717, 1.165) is 30.6 Å². The molecule has 3 nitrogen and oxygen atoms in total. The number of aliphatic hydroxyl groups is 1. The molecule has 1 N–H and O–H groups in total. The van der Waals surface area contributed by atoms with Crippen molar-refractivity contribution in [2.75, 3.05) is 0 Å². The van der Waals surface area contributed by atoms with Crippen LogP contribution < -0.4 is 0 Å². The largest absolute Gasteiger partial charge is 0.442 e. The van der Waals surface area contributed by atoms with Gasteiger partial charge in [-0.15, -0.1) is 0 Å². The fourth-order valence-corrected chi connectivity index (χ4v) is 3.22. The molecule has 2 aromatic rings. The van der Waals surface area contributed by atoms with E-state index in [2.05, 4.69) is 4.98 Å². The molecule has 0 bridgehead atoms. The molecule has 1 aliphatic rings. The van der Waals surface area contributed by atoms with E-state index in [9.17, 15) is 5.11 Å². The third kappa shape index (κ3) is 2.16. The molecule has 0 amide bonds. The molecule has 20 heavy (non-hydrogen) atoms. The summed E-state index contributed by atoms with van der Waals surface area (Å²) in [5.74, 6) is 1.47. The van der Waals surface area contributed by atoms with Crippen LogP contribution in [0.1, 0.15) is 49.8 Å². The van der Waals surface area contributed by atoms with Gasteiger partial charge in [-0.05, 0) is 18.4 Å². The van der Waals surface area contributed by atoms with E-state index in [1.54, 1.807) is 6.20 Å². The number of rotatable bonds is 4. The van der Waals surface area contributed by atoms with Crippen molar-refractivity contribution in [3.63, 3.8) is 0 Å². The molecule has 106 valence electrons. The third-order valence-electron chi connectivity index (χ3n) is 4.39. The predicted molar refractivity (Wildman–Crippen MR) is 77.3 cm³/mol. The van der Waals surface area contributed by atoms with Crippen LogP contribution in [0.15, 0.2) is 40.9 Å². The van der Waals surface area contributed by atoms with Gasteiger partial charge in [0, 0.05) is 12.3 Å². The van der Waals surface area contributed by atoms with Crippen LogP contribution in [-0.4, -0.2) is 10.1 Å². The van der Waals surface area contributed by atoms with Crippen molar-refractivity contribution in [1.82, 2.24) is 4.98 Å². The molecule has 3 heteroatoms. The van der Waals surface area contributed by atoms with Crippen molar-refractivity contribution in [3.05, 3.63) is 53.7 Å². The van der Waals surface area contributed by atoms with Gasteiger partial charge >= 0.3 is 0 Å². The van der Waals surface area contributed by atoms with E-state index < -0.39 is 5.60 Å². The molecule has 0 aliphatic heterocycles. The van der Waals surface area contributed by atoms with E-state index in [0.29, 0.717) is 5.89 Å². The highest BCUT2D eigenvalue weighted by molar-refractivity contribution is 5.30. The smallest absolute Gasteiger partial charge is 0.231 e. The molecule has 1 saturated carbocycles. The second kappa shape index (κ2) is 5.41. The van der Waals surface area contributed by atoms with Gasteiger partial charge in [0.15, 0.2) is 5.60 Å². The minimum Gasteiger partial charge on any atom is -0.442 e. The summed E-state index contributed by atoms with van der Waals surface area (Å²) < 4.78 is 5.80. The average molecular weight is 271 g/mol. The van der Waals surface area contributed by atoms with Crippen molar-refractivity contribution >= 4 is 0 Å². The zero-order valence-corrected chi connectivity index (χ0v) is 11.9. The van der Waals surface area contributed by atoms with Gasteiger partial charge in [0.2, 0.25) is 5.89 Å². The number of hydrogen-bond acceptors (Lipinski definition) is 3. The van der Waals surface area contributed by atoms with Gasteiger partial charge in [-0.3, -0.25) is 0 Å². The molecule has 0 radical (unpaired) electrons. The second-order valence-corrected chi connectivity index (χ2v) is 5.60. The Labute approximate surface area is 119 Å². The first-order valence-corrected chi connectivity index (χ1v) is 7.48. The number of hydrogen-bond donors (Lipinski definition) is 1. The first-order chi connectivity index (χ1) is 9.75. The van der Waals surface area contributed by atoms with Gasteiger partial charge in [0.05, 0.1) is 6.20 Å². The summed E-state index contributed by atoms with van der Waals surface area (Å²) in [6.07, 6.45) is 6.91. The van der Waals surface area contributed by atoms with Crippen LogP contribution in [-0.2, 0) is 12.0 Å². The summed E-state index contributed by atoms with van der Waals surface area (Å²) in [7, 11) is 0. The van der Waals surface area contributed by atoms with Crippen molar-refractivity contribution in [2.24, 2.45) is 5.92 Å². The topological polar surface area (TPSA) is 46.3 Å². The van der Waals surface area contributed by atoms with Crippen LogP contribution in [0.4, 0.5) is 0 Å². The van der Waals surface area contributed by atoms with Crippen LogP contribution in [0.3, 0.4) is 0 Å². The molecular formula is C17H21NO2. The van der Waals surface area contributed by atoms with Crippen molar-refractivity contribution in [3.8, 4) is 0 Å². The number of nitrogens with zero attached hydrogens (tertiary/aromatic N) is 1. The van der Waals surface area contributed by atoms with Gasteiger partial charge in [-0.25, -0.2) is 4.98 Å². The zero-order valence-electron chi connectivity index (χ0n) is 11.9. The van der Waals surface area contributed by atoms with Gasteiger partial charge in [0.1, 0.15) is 5.76 Å². The Morgan fingerprint density at radius 2 is 1.95 bits per heavy atom. The van der Waals surface area contributed by atoms with E-state index in [4.69, 9.17) is 4.42 Å². The quantitative estimate of drug-likeness (QED) is 0.923. The van der Waals surface area contributed by atoms with E-state index in [1.165, 1.54) is 12.8 Å². The molecule has 1 atom stereocenters. The normalized spacial score (nSPS) is 19.1. The highest BCUT2D eigenvalue weighted by Gasteiger charge is 2.45. The number of oxazole rings is 1. The van der Waals surface area contributed by atoms with Crippen LogP contribution in [0.25, 0.3) is 0 Å². The maximum atomic E-state index is 11.4. The van der Waals surface area contributed by atoms with Crippen LogP contribution in [0.2, 0.25) is 0 Å². The highest BCUT2D eigenvalue weighted by atomic mass is 16.4. The van der Waals surface area contributed by atoms with Gasteiger partial charge < -0.3 is 9.52 Å². The van der Waals surface area contributed by atoms with Crippen LogP contribution >= 0.6 is 0 Å². The molecule has 0 unspecified atom stereocenters. The molecule has 1 aliphatic carbocycles. The lowest BCUT2D eigenvalue weighted by atomic mass is 9.80. The van der Waals surface area contributed by atoms with Gasteiger partial charge in [0.25, 0.3) is 0 Å². The Morgan fingerprint density at radius 3 is 2.55 bits per heavy atom. The molecule has 1 aromatic carbocycles. The Morgan fingerprint density at radius 1 is 1.25 bits per heavy atom. The predicted octanol–water partition coefficient (Wildman–Crippen LogP) is 3.66. The monoisotopic (exact) mass is 271 g/mol.